The Kier molecular flexibility index (Phi) is 6.93. The van der Waals surface area contributed by atoms with Crippen molar-refractivity contribution in [2.75, 3.05) is 19.0 Å². The van der Waals surface area contributed by atoms with Crippen LogP contribution in [0.2, 0.25) is 0 Å². The minimum Gasteiger partial charge on any atom is -0.495 e. The zero-order valence-electron chi connectivity index (χ0n) is 19.1. The summed E-state index contributed by atoms with van der Waals surface area (Å²) in [5.74, 6) is 0.536. The molecule has 0 spiro atoms. The smallest absolute Gasteiger partial charge is 0.226 e. The van der Waals surface area contributed by atoms with Crippen LogP contribution >= 0.6 is 12.2 Å². The van der Waals surface area contributed by atoms with Crippen LogP contribution in [-0.4, -0.2) is 39.1 Å². The van der Waals surface area contributed by atoms with Crippen molar-refractivity contribution < 1.29 is 9.53 Å². The van der Waals surface area contributed by atoms with Gasteiger partial charge < -0.3 is 24.8 Å². The van der Waals surface area contributed by atoms with Gasteiger partial charge in [-0.3, -0.25) is 9.78 Å². The van der Waals surface area contributed by atoms with Crippen LogP contribution in [0.25, 0.3) is 0 Å². The lowest BCUT2D eigenvalue weighted by atomic mass is 10.0. The molecule has 3 heterocycles. The summed E-state index contributed by atoms with van der Waals surface area (Å²) in [6.45, 7) is 4.79. The third-order valence-corrected chi connectivity index (χ3v) is 6.18. The molecule has 3 aromatic rings. The molecule has 2 N–H and O–H groups in total. The highest BCUT2D eigenvalue weighted by atomic mass is 32.1. The number of amides is 1. The number of aromatic nitrogens is 2. The van der Waals surface area contributed by atoms with Gasteiger partial charge in [0.1, 0.15) is 5.75 Å². The van der Waals surface area contributed by atoms with Gasteiger partial charge in [-0.2, -0.15) is 0 Å². The van der Waals surface area contributed by atoms with Gasteiger partial charge in [0.05, 0.1) is 30.6 Å². The maximum atomic E-state index is 12.8. The standard InChI is InChI=1S/C25H29N5O2S/c1-17(2)29-15-8-11-20(29)24-23(19-10-6-7-14-26-19)28-25(33)30(24)16-13-22(31)27-18-9-4-5-12-21(18)32-3/h4-12,14-15,17,23-24H,13,16H2,1-3H3,(H,27,31)(H,28,33). The topological polar surface area (TPSA) is 71.4 Å². The molecule has 2 aromatic heterocycles. The Hall–Kier alpha value is -3.39. The van der Waals surface area contributed by atoms with Gasteiger partial charge in [-0.25, -0.2) is 0 Å². The summed E-state index contributed by atoms with van der Waals surface area (Å²) in [5.41, 5.74) is 2.71. The van der Waals surface area contributed by atoms with Crippen molar-refractivity contribution >= 4 is 28.9 Å². The molecule has 1 aromatic carbocycles. The van der Waals surface area contributed by atoms with Gasteiger partial charge in [0, 0.05) is 37.1 Å². The quantitative estimate of drug-likeness (QED) is 0.480. The molecule has 33 heavy (non-hydrogen) atoms. The van der Waals surface area contributed by atoms with Gasteiger partial charge in [-0.1, -0.05) is 18.2 Å². The van der Waals surface area contributed by atoms with Crippen LogP contribution in [0, 0.1) is 0 Å². The van der Waals surface area contributed by atoms with E-state index in [1.54, 1.807) is 13.3 Å². The predicted molar refractivity (Wildman–Crippen MR) is 133 cm³/mol. The average Bonchev–Trinajstić information content (AvgIpc) is 3.43. The van der Waals surface area contributed by atoms with Gasteiger partial charge in [0.25, 0.3) is 0 Å². The molecule has 0 aliphatic carbocycles. The Bertz CT molecular complexity index is 1110. The SMILES string of the molecule is COc1ccccc1NC(=O)CCN1C(=S)NC(c2ccccn2)C1c1cccn1C(C)C. The van der Waals surface area contributed by atoms with E-state index in [0.717, 1.165) is 11.4 Å². The second-order valence-corrected chi connectivity index (χ2v) is 8.64. The predicted octanol–water partition coefficient (Wildman–Crippen LogP) is 4.47. The number of benzene rings is 1. The van der Waals surface area contributed by atoms with Crippen LogP contribution < -0.4 is 15.4 Å². The highest BCUT2D eigenvalue weighted by Gasteiger charge is 2.41. The second-order valence-electron chi connectivity index (χ2n) is 8.25. The lowest BCUT2D eigenvalue weighted by Gasteiger charge is -2.29. The Morgan fingerprint density at radius 1 is 1.18 bits per heavy atom. The van der Waals surface area contributed by atoms with E-state index in [1.807, 2.05) is 42.5 Å². The van der Waals surface area contributed by atoms with Crippen molar-refractivity contribution in [3.63, 3.8) is 0 Å². The number of hydrogen-bond donors (Lipinski definition) is 2. The molecular formula is C25H29N5O2S. The molecule has 1 fully saturated rings. The first kappa shape index (κ1) is 22.8. The molecule has 1 saturated heterocycles. The van der Waals surface area contributed by atoms with Crippen LogP contribution in [0.15, 0.2) is 67.0 Å². The summed E-state index contributed by atoms with van der Waals surface area (Å²) in [7, 11) is 1.59. The largest absolute Gasteiger partial charge is 0.495 e. The number of para-hydroxylation sites is 2. The van der Waals surface area contributed by atoms with Gasteiger partial charge in [0.15, 0.2) is 5.11 Å². The van der Waals surface area contributed by atoms with E-state index in [4.69, 9.17) is 17.0 Å². The number of methoxy groups -OCH3 is 1. The Morgan fingerprint density at radius 2 is 1.97 bits per heavy atom. The molecule has 7 nitrogen and oxygen atoms in total. The van der Waals surface area contributed by atoms with Crippen LogP contribution in [0.3, 0.4) is 0 Å². The number of anilines is 1. The number of ether oxygens (including phenoxy) is 1. The number of nitrogens with one attached hydrogen (secondary N) is 2. The monoisotopic (exact) mass is 463 g/mol. The maximum absolute atomic E-state index is 12.8. The van der Waals surface area contributed by atoms with Crippen molar-refractivity contribution in [3.05, 3.63) is 78.4 Å². The molecule has 2 unspecified atom stereocenters. The molecule has 0 saturated carbocycles. The molecule has 1 aliphatic heterocycles. The number of hydrogen-bond acceptors (Lipinski definition) is 4. The van der Waals surface area contributed by atoms with Gasteiger partial charge >= 0.3 is 0 Å². The Labute approximate surface area is 199 Å². The number of nitrogens with zero attached hydrogens (tertiary/aromatic N) is 3. The van der Waals surface area contributed by atoms with Crippen molar-refractivity contribution in [2.24, 2.45) is 0 Å². The van der Waals surface area contributed by atoms with Crippen LogP contribution in [-0.2, 0) is 4.79 Å². The van der Waals surface area contributed by atoms with E-state index in [9.17, 15) is 4.79 Å². The van der Waals surface area contributed by atoms with Crippen molar-refractivity contribution in [1.29, 1.82) is 0 Å². The first-order chi connectivity index (χ1) is 16.0. The average molecular weight is 464 g/mol. The lowest BCUT2D eigenvalue weighted by molar-refractivity contribution is -0.116. The number of rotatable bonds is 8. The number of carbonyl (C=O) groups is 1. The fourth-order valence-electron chi connectivity index (χ4n) is 4.28. The molecular weight excluding hydrogens is 434 g/mol. The highest BCUT2D eigenvalue weighted by Crippen LogP contribution is 2.39. The third kappa shape index (κ3) is 4.85. The van der Waals surface area contributed by atoms with E-state index in [0.29, 0.717) is 29.1 Å². The molecule has 172 valence electrons. The number of pyridine rings is 1. The van der Waals surface area contributed by atoms with Gasteiger partial charge in [-0.05, 0) is 62.5 Å². The Balaban J connectivity index is 1.57. The zero-order chi connectivity index (χ0) is 23.4. The van der Waals surface area contributed by atoms with Crippen molar-refractivity contribution in [2.45, 2.75) is 38.4 Å². The molecule has 4 rings (SSSR count). The molecule has 1 amide bonds. The highest BCUT2D eigenvalue weighted by molar-refractivity contribution is 7.80. The summed E-state index contributed by atoms with van der Waals surface area (Å²) in [6.07, 6.45) is 4.17. The maximum Gasteiger partial charge on any atom is 0.226 e. The fourth-order valence-corrected chi connectivity index (χ4v) is 4.61. The van der Waals surface area contributed by atoms with Crippen molar-refractivity contribution in [3.8, 4) is 5.75 Å². The van der Waals surface area contributed by atoms with E-state index in [1.165, 1.54) is 0 Å². The summed E-state index contributed by atoms with van der Waals surface area (Å²) in [4.78, 5) is 19.5. The van der Waals surface area contributed by atoms with Gasteiger partial charge in [0.2, 0.25) is 5.91 Å². The molecule has 0 bridgehead atoms. The first-order valence-electron chi connectivity index (χ1n) is 11.1. The van der Waals surface area contributed by atoms with E-state index < -0.39 is 0 Å². The van der Waals surface area contributed by atoms with Crippen LogP contribution in [0.4, 0.5) is 5.69 Å². The van der Waals surface area contributed by atoms with Crippen molar-refractivity contribution in [1.82, 2.24) is 19.8 Å². The van der Waals surface area contributed by atoms with Gasteiger partial charge in [-0.15, -0.1) is 0 Å². The van der Waals surface area contributed by atoms with E-state index in [2.05, 4.69) is 57.3 Å². The number of thiocarbonyl (C=S) groups is 1. The molecule has 0 radical (unpaired) electrons. The second kappa shape index (κ2) is 10.0. The number of carbonyl (C=O) groups excluding carboxylic acids is 1. The van der Waals surface area contributed by atoms with E-state index in [-0.39, 0.29) is 24.4 Å². The lowest BCUT2D eigenvalue weighted by Crippen LogP contribution is -2.33. The Morgan fingerprint density at radius 3 is 2.70 bits per heavy atom. The van der Waals surface area contributed by atoms with Crippen LogP contribution in [0.5, 0.6) is 5.75 Å². The summed E-state index contributed by atoms with van der Waals surface area (Å²) in [6, 6.07) is 17.6. The first-order valence-corrected chi connectivity index (χ1v) is 11.5. The summed E-state index contributed by atoms with van der Waals surface area (Å²) in [5, 5.41) is 7.02. The minimum atomic E-state index is -0.108. The zero-order valence-corrected chi connectivity index (χ0v) is 19.9. The molecule has 2 atom stereocenters. The third-order valence-electron chi connectivity index (χ3n) is 5.83. The van der Waals surface area contributed by atoms with Crippen LogP contribution in [0.1, 0.15) is 49.8 Å². The molecule has 8 heteroatoms. The fraction of sp³-hybridized carbons (Fsp3) is 0.320. The minimum absolute atomic E-state index is 0.0798. The van der Waals surface area contributed by atoms with E-state index >= 15 is 0 Å². The molecule has 1 aliphatic rings. The normalized spacial score (nSPS) is 17.8. The summed E-state index contributed by atoms with van der Waals surface area (Å²) >= 11 is 5.72. The summed E-state index contributed by atoms with van der Waals surface area (Å²) < 4.78 is 7.59.